The molecule has 2 aliphatic rings. The highest BCUT2D eigenvalue weighted by atomic mass is 127. The number of aromatic nitrogens is 4. The van der Waals surface area contributed by atoms with Crippen molar-refractivity contribution in [1.29, 1.82) is 0 Å². The number of carbonyl (C=O) groups is 1. The zero-order valence-electron chi connectivity index (χ0n) is 28.2. The van der Waals surface area contributed by atoms with Gasteiger partial charge in [-0.3, -0.25) is 4.79 Å². The number of benzene rings is 2. The predicted molar refractivity (Wildman–Crippen MR) is 197 cm³/mol. The number of hydrogen-bond acceptors (Lipinski definition) is 14. The van der Waals surface area contributed by atoms with Gasteiger partial charge >= 0.3 is 7.69 Å². The molecule has 2 aliphatic heterocycles. The number of halogens is 1. The quantitative estimate of drug-likeness (QED) is 0.0904. The molecule has 2 aromatic carbocycles. The lowest BCUT2D eigenvalue weighted by Crippen LogP contribution is -2.25. The van der Waals surface area contributed by atoms with Crippen molar-refractivity contribution in [3.8, 4) is 35.0 Å². The summed E-state index contributed by atoms with van der Waals surface area (Å²) in [4.78, 5) is 27.1. The van der Waals surface area contributed by atoms with Crippen molar-refractivity contribution in [2.24, 2.45) is 0 Å². The van der Waals surface area contributed by atoms with Crippen LogP contribution >= 0.6 is 22.6 Å². The van der Waals surface area contributed by atoms with Gasteiger partial charge < -0.3 is 42.2 Å². The lowest BCUT2D eigenvalue weighted by molar-refractivity contribution is -0.107. The number of nitrogens with zero attached hydrogens (tertiary/aromatic N) is 4. The number of carbonyl (C=O) groups excluding carboxylic acids is 1. The van der Waals surface area contributed by atoms with Crippen LogP contribution < -0.4 is 18.9 Å². The first-order valence-corrected chi connectivity index (χ1v) is 17.6. The van der Waals surface area contributed by atoms with Crippen LogP contribution in [-0.4, -0.2) is 71.8 Å². The van der Waals surface area contributed by atoms with Crippen LogP contribution in [0.15, 0.2) is 82.2 Å². The molecule has 0 saturated carbocycles. The van der Waals surface area contributed by atoms with E-state index in [-0.39, 0.29) is 24.3 Å². The molecule has 2 fully saturated rings. The fourth-order valence-electron chi connectivity index (χ4n) is 5.33. The Balaban J connectivity index is 0.000000146. The summed E-state index contributed by atoms with van der Waals surface area (Å²) in [6.07, 6.45) is 9.41. The van der Waals surface area contributed by atoms with Gasteiger partial charge in [-0.25, -0.2) is 19.9 Å². The van der Waals surface area contributed by atoms with Gasteiger partial charge in [0.1, 0.15) is 18.4 Å². The Morgan fingerprint density at radius 3 is 1.96 bits per heavy atom. The van der Waals surface area contributed by atoms with Gasteiger partial charge in [0.05, 0.1) is 42.1 Å². The summed E-state index contributed by atoms with van der Waals surface area (Å²) < 4.78 is 44.0. The molecule has 16 heteroatoms. The smallest absolute Gasteiger partial charge is 0.510 e. The second kappa shape index (κ2) is 18.6. The summed E-state index contributed by atoms with van der Waals surface area (Å²) in [7, 11) is 2.06. The number of rotatable bonds is 9. The third-order valence-corrected chi connectivity index (χ3v) is 8.55. The highest BCUT2D eigenvalue weighted by Gasteiger charge is 2.19. The highest BCUT2D eigenvalue weighted by molar-refractivity contribution is 14.1. The van der Waals surface area contributed by atoms with Crippen molar-refractivity contribution < 1.29 is 47.0 Å². The van der Waals surface area contributed by atoms with Gasteiger partial charge in [0.25, 0.3) is 11.9 Å². The summed E-state index contributed by atoms with van der Waals surface area (Å²) in [6, 6.07) is 18.4. The number of fused-ring (bicyclic) bond motifs is 2. The van der Waals surface area contributed by atoms with E-state index in [1.54, 1.807) is 13.2 Å². The molecule has 8 rings (SSSR count). The fourth-order valence-corrected chi connectivity index (χ4v) is 5.83. The molecule has 1 radical (unpaired) electrons. The molecule has 0 spiro atoms. The second-order valence-corrected chi connectivity index (χ2v) is 12.6. The van der Waals surface area contributed by atoms with E-state index >= 15 is 0 Å². The van der Waals surface area contributed by atoms with E-state index in [4.69, 9.17) is 37.5 Å². The molecule has 2 saturated heterocycles. The molecule has 0 bridgehead atoms. The van der Waals surface area contributed by atoms with E-state index in [0.717, 1.165) is 88.4 Å². The Kier molecular flexibility index (Phi) is 13.3. The summed E-state index contributed by atoms with van der Waals surface area (Å²) in [6.45, 7) is 1.50. The molecule has 14 nitrogen and oxygen atoms in total. The zero-order chi connectivity index (χ0) is 36.1. The summed E-state index contributed by atoms with van der Waals surface area (Å²) in [5.41, 5.74) is 2.63. The largest absolute Gasteiger partial charge is 0.571 e. The standard InChI is InChI=1S/C18H18N2O4.C13H13IN2O2.C5H4BO4/c1-21-16-8-7-15(23-16)12-5-6-14-13(10-12)18(20-11-19-14)24-17-4-2-3-9-22-17;14-9-4-5-11-10(7-9)13(16-8-15-11)18-12-3-1-2-6-17-12;7-3-4-1-2-5(9-4)10-6-8/h5-8,10-11,17H,2-4,9H2,1H3;4-5,7-8,12H,1-3,6H2;1-3,8H. The third kappa shape index (κ3) is 9.96. The van der Waals surface area contributed by atoms with Gasteiger partial charge in [-0.2, -0.15) is 0 Å². The predicted octanol–water partition coefficient (Wildman–Crippen LogP) is 6.94. The molecule has 4 aromatic heterocycles. The van der Waals surface area contributed by atoms with Crippen LogP contribution in [-0.2, 0) is 9.47 Å². The van der Waals surface area contributed by atoms with Gasteiger partial charge in [0.15, 0.2) is 12.0 Å². The molecular formula is C36H35BIN4O10. The van der Waals surface area contributed by atoms with E-state index in [1.165, 1.54) is 24.8 Å². The Hall–Kier alpha value is -4.78. The lowest BCUT2D eigenvalue weighted by atomic mass is 10.1. The minimum absolute atomic E-state index is 0.0876. The number of methoxy groups -OCH3 is 1. The Morgan fingerprint density at radius 2 is 1.40 bits per heavy atom. The maximum absolute atomic E-state index is 10.0. The number of furan rings is 2. The number of hydrogen-bond donors (Lipinski definition) is 1. The molecule has 2 unspecified atom stereocenters. The van der Waals surface area contributed by atoms with Crippen molar-refractivity contribution in [1.82, 2.24) is 19.9 Å². The molecule has 2 atom stereocenters. The van der Waals surface area contributed by atoms with Crippen LogP contribution in [0.1, 0.15) is 49.1 Å². The van der Waals surface area contributed by atoms with Crippen molar-refractivity contribution in [3.05, 3.63) is 82.6 Å². The fraction of sp³-hybridized carbons (Fsp3) is 0.306. The van der Waals surface area contributed by atoms with Gasteiger partial charge in [0, 0.05) is 34.1 Å². The first-order chi connectivity index (χ1) is 25.5. The van der Waals surface area contributed by atoms with Crippen LogP contribution in [0.3, 0.4) is 0 Å². The van der Waals surface area contributed by atoms with Gasteiger partial charge in [-0.1, -0.05) is 0 Å². The van der Waals surface area contributed by atoms with Crippen LogP contribution in [0.5, 0.6) is 23.7 Å². The summed E-state index contributed by atoms with van der Waals surface area (Å²) in [5.74, 6) is 2.60. The molecule has 0 amide bonds. The monoisotopic (exact) mass is 821 g/mol. The topological polar surface area (TPSA) is 171 Å². The lowest BCUT2D eigenvalue weighted by Gasteiger charge is -2.23. The molecule has 6 heterocycles. The van der Waals surface area contributed by atoms with E-state index in [9.17, 15) is 4.79 Å². The molecule has 52 heavy (non-hydrogen) atoms. The number of ether oxygens (including phenoxy) is 5. The number of aldehydes is 1. The molecule has 269 valence electrons. The highest BCUT2D eigenvalue weighted by Crippen LogP contribution is 2.32. The minimum atomic E-state index is -0.246. The molecular weight excluding hydrogens is 786 g/mol. The Bertz CT molecular complexity index is 2050. The molecule has 1 N–H and O–H groups in total. The van der Waals surface area contributed by atoms with Crippen molar-refractivity contribution in [3.63, 3.8) is 0 Å². The minimum Gasteiger partial charge on any atom is -0.510 e. The van der Waals surface area contributed by atoms with Crippen molar-refractivity contribution in [2.75, 3.05) is 20.3 Å². The van der Waals surface area contributed by atoms with Crippen LogP contribution in [0.4, 0.5) is 0 Å². The van der Waals surface area contributed by atoms with E-state index in [1.807, 2.05) is 42.5 Å². The first kappa shape index (κ1) is 37.0. The maximum atomic E-state index is 10.0. The first-order valence-electron chi connectivity index (χ1n) is 16.6. The molecule has 0 aliphatic carbocycles. The normalized spacial score (nSPS) is 16.8. The van der Waals surface area contributed by atoms with Crippen LogP contribution in [0, 0.1) is 3.57 Å². The summed E-state index contributed by atoms with van der Waals surface area (Å²) in [5, 5.41) is 9.88. The maximum Gasteiger partial charge on any atom is 0.571 e. The van der Waals surface area contributed by atoms with Gasteiger partial charge in [0.2, 0.25) is 24.3 Å². The van der Waals surface area contributed by atoms with Crippen LogP contribution in [0.2, 0.25) is 0 Å². The van der Waals surface area contributed by atoms with Gasteiger partial charge in [-0.15, -0.1) is 0 Å². The zero-order valence-corrected chi connectivity index (χ0v) is 30.3. The third-order valence-electron chi connectivity index (χ3n) is 7.88. The average Bonchev–Trinajstić information content (AvgIpc) is 3.87. The van der Waals surface area contributed by atoms with Crippen LogP contribution in [0.25, 0.3) is 33.1 Å². The Labute approximate surface area is 313 Å². The van der Waals surface area contributed by atoms with E-state index < -0.39 is 0 Å². The van der Waals surface area contributed by atoms with Crippen molar-refractivity contribution >= 4 is 58.4 Å². The van der Waals surface area contributed by atoms with E-state index in [0.29, 0.717) is 31.7 Å². The SMILES string of the molecule is COc1ccc(-c2ccc3ncnc(OC4CCCCO4)c3c2)o1.Ic1ccc2ncnc(OC3CCCCO3)c2c1.O=Cc1ccc(O[B]O)o1. The van der Waals surface area contributed by atoms with Crippen molar-refractivity contribution in [2.45, 2.75) is 51.1 Å². The summed E-state index contributed by atoms with van der Waals surface area (Å²) >= 11 is 2.27. The Morgan fingerprint density at radius 1 is 0.769 bits per heavy atom. The molecule has 6 aromatic rings. The van der Waals surface area contributed by atoms with E-state index in [2.05, 4.69) is 47.2 Å². The second-order valence-electron chi connectivity index (χ2n) is 11.4. The average molecular weight is 821 g/mol. The van der Waals surface area contributed by atoms with Gasteiger partial charge in [-0.05, 0) is 96.8 Å².